The average Bonchev–Trinajstić information content (AvgIpc) is 2.54. The maximum Gasteiger partial charge on any atom is 0.273 e. The van der Waals surface area contributed by atoms with Crippen LogP contribution >= 0.6 is 11.8 Å². The second-order valence-electron chi connectivity index (χ2n) is 4.64. The number of pyridine rings is 1. The molecule has 21 heavy (non-hydrogen) atoms. The Morgan fingerprint density at radius 2 is 2.29 bits per heavy atom. The highest BCUT2D eigenvalue weighted by Gasteiger charge is 2.36. The van der Waals surface area contributed by atoms with Gasteiger partial charge in [-0.3, -0.25) is 4.79 Å². The molecule has 2 heterocycles. The topological polar surface area (TPSA) is 79.4 Å². The van der Waals surface area contributed by atoms with Gasteiger partial charge in [-0.15, -0.1) is 0 Å². The standard InChI is InChI=1S/C13H19N3O3S2/c1-3-21(18,19)12-9-20-8-7-16(12)13(17)10-5-4-6-11(14-2)15-10/h4-6,12H,3,7-9H2,1-2H3,(H,14,15). The number of hydrogen-bond acceptors (Lipinski definition) is 6. The Labute approximate surface area is 129 Å². The van der Waals surface area contributed by atoms with Crippen molar-refractivity contribution in [2.45, 2.75) is 12.3 Å². The van der Waals surface area contributed by atoms with Crippen LogP contribution in [0.2, 0.25) is 0 Å². The third-order valence-electron chi connectivity index (χ3n) is 3.39. The number of thioether (sulfide) groups is 1. The van der Waals surface area contributed by atoms with Crippen molar-refractivity contribution in [1.29, 1.82) is 0 Å². The number of rotatable bonds is 4. The van der Waals surface area contributed by atoms with Crippen LogP contribution in [-0.4, -0.2) is 60.4 Å². The Balaban J connectivity index is 2.30. The van der Waals surface area contributed by atoms with Gasteiger partial charge in [0.2, 0.25) is 0 Å². The van der Waals surface area contributed by atoms with E-state index in [4.69, 9.17) is 0 Å². The third-order valence-corrected chi connectivity index (χ3v) is 6.68. The van der Waals surface area contributed by atoms with E-state index in [-0.39, 0.29) is 17.4 Å². The molecule has 6 nitrogen and oxygen atoms in total. The molecular weight excluding hydrogens is 310 g/mol. The van der Waals surface area contributed by atoms with Gasteiger partial charge in [0.05, 0.1) is 0 Å². The minimum atomic E-state index is -3.30. The molecule has 1 saturated heterocycles. The van der Waals surface area contributed by atoms with E-state index in [1.165, 1.54) is 4.90 Å². The van der Waals surface area contributed by atoms with Gasteiger partial charge in [0, 0.05) is 30.9 Å². The summed E-state index contributed by atoms with van der Waals surface area (Å²) in [6.07, 6.45) is 0. The Morgan fingerprint density at radius 3 is 2.95 bits per heavy atom. The summed E-state index contributed by atoms with van der Waals surface area (Å²) in [4.78, 5) is 18.2. The van der Waals surface area contributed by atoms with E-state index in [0.717, 1.165) is 5.75 Å². The Bertz CT molecular complexity index is 619. The highest BCUT2D eigenvalue weighted by Crippen LogP contribution is 2.23. The van der Waals surface area contributed by atoms with Gasteiger partial charge in [-0.25, -0.2) is 13.4 Å². The fourth-order valence-electron chi connectivity index (χ4n) is 2.14. The molecule has 116 valence electrons. The molecule has 0 aliphatic carbocycles. The summed E-state index contributed by atoms with van der Waals surface area (Å²) in [6.45, 7) is 2.04. The molecule has 1 amide bonds. The van der Waals surface area contributed by atoms with Crippen LogP contribution < -0.4 is 5.32 Å². The average molecular weight is 329 g/mol. The number of anilines is 1. The van der Waals surface area contributed by atoms with Gasteiger partial charge in [-0.1, -0.05) is 13.0 Å². The van der Waals surface area contributed by atoms with Gasteiger partial charge in [-0.05, 0) is 12.1 Å². The predicted molar refractivity (Wildman–Crippen MR) is 85.4 cm³/mol. The Kier molecular flexibility index (Phi) is 5.10. The molecule has 0 aromatic carbocycles. The summed E-state index contributed by atoms with van der Waals surface area (Å²) in [5, 5.41) is 2.12. The zero-order valence-corrected chi connectivity index (χ0v) is 13.7. The number of nitrogens with zero attached hydrogens (tertiary/aromatic N) is 2. The van der Waals surface area contributed by atoms with E-state index < -0.39 is 15.2 Å². The second kappa shape index (κ2) is 6.65. The maximum atomic E-state index is 12.6. The number of nitrogens with one attached hydrogen (secondary N) is 1. The summed E-state index contributed by atoms with van der Waals surface area (Å²) in [5.41, 5.74) is 0.269. The second-order valence-corrected chi connectivity index (χ2v) is 8.23. The number of carbonyl (C=O) groups excluding carboxylic acids is 1. The zero-order chi connectivity index (χ0) is 15.5. The lowest BCUT2D eigenvalue weighted by Crippen LogP contribution is -2.50. The van der Waals surface area contributed by atoms with Crippen molar-refractivity contribution in [3.8, 4) is 0 Å². The maximum absolute atomic E-state index is 12.6. The van der Waals surface area contributed by atoms with Crippen molar-refractivity contribution < 1.29 is 13.2 Å². The van der Waals surface area contributed by atoms with E-state index >= 15 is 0 Å². The van der Waals surface area contributed by atoms with Crippen molar-refractivity contribution >= 4 is 33.3 Å². The third kappa shape index (κ3) is 3.49. The highest BCUT2D eigenvalue weighted by atomic mass is 32.2. The van der Waals surface area contributed by atoms with Crippen LogP contribution in [0.3, 0.4) is 0 Å². The number of sulfone groups is 1. The fraction of sp³-hybridized carbons (Fsp3) is 0.538. The number of amides is 1. The zero-order valence-electron chi connectivity index (χ0n) is 12.1. The molecule has 1 N–H and O–H groups in total. The first kappa shape index (κ1) is 16.1. The normalized spacial score (nSPS) is 19.3. The molecule has 0 spiro atoms. The summed E-state index contributed by atoms with van der Waals surface area (Å²) in [5.74, 6) is 1.46. The van der Waals surface area contributed by atoms with Crippen molar-refractivity contribution in [3.63, 3.8) is 0 Å². The molecule has 1 unspecified atom stereocenters. The lowest BCUT2D eigenvalue weighted by molar-refractivity contribution is 0.0743. The van der Waals surface area contributed by atoms with Crippen LogP contribution in [0.25, 0.3) is 0 Å². The van der Waals surface area contributed by atoms with Crippen molar-refractivity contribution in [1.82, 2.24) is 9.88 Å². The van der Waals surface area contributed by atoms with E-state index in [2.05, 4.69) is 10.3 Å². The molecule has 2 rings (SSSR count). The molecular formula is C13H19N3O3S2. The first-order valence-electron chi connectivity index (χ1n) is 6.74. The SMILES string of the molecule is CCS(=O)(=O)C1CSCCN1C(=O)c1cccc(NC)n1. The largest absolute Gasteiger partial charge is 0.373 e. The van der Waals surface area contributed by atoms with Crippen molar-refractivity contribution in [3.05, 3.63) is 23.9 Å². The van der Waals surface area contributed by atoms with Crippen LogP contribution in [-0.2, 0) is 9.84 Å². The number of aromatic nitrogens is 1. The lowest BCUT2D eigenvalue weighted by atomic mass is 10.3. The molecule has 0 radical (unpaired) electrons. The van der Waals surface area contributed by atoms with Gasteiger partial charge in [-0.2, -0.15) is 11.8 Å². The number of carbonyl (C=O) groups is 1. The molecule has 0 bridgehead atoms. The molecule has 1 aliphatic heterocycles. The van der Waals surface area contributed by atoms with Gasteiger partial charge >= 0.3 is 0 Å². The predicted octanol–water partition coefficient (Wildman–Crippen LogP) is 1.07. The summed E-state index contributed by atoms with van der Waals surface area (Å²) in [6, 6.07) is 5.09. The van der Waals surface area contributed by atoms with E-state index in [1.54, 1.807) is 43.9 Å². The molecule has 1 aliphatic rings. The van der Waals surface area contributed by atoms with Crippen LogP contribution in [0.15, 0.2) is 18.2 Å². The molecule has 0 saturated carbocycles. The van der Waals surface area contributed by atoms with Gasteiger partial charge in [0.25, 0.3) is 5.91 Å². The van der Waals surface area contributed by atoms with Gasteiger partial charge in [0.1, 0.15) is 16.9 Å². The van der Waals surface area contributed by atoms with Crippen molar-refractivity contribution in [2.75, 3.05) is 36.2 Å². The summed E-state index contributed by atoms with van der Waals surface area (Å²) in [7, 11) is -1.58. The highest BCUT2D eigenvalue weighted by molar-refractivity contribution is 8.01. The van der Waals surface area contributed by atoms with Crippen LogP contribution in [0.1, 0.15) is 17.4 Å². The van der Waals surface area contributed by atoms with Crippen LogP contribution in [0.5, 0.6) is 0 Å². The molecule has 1 atom stereocenters. The lowest BCUT2D eigenvalue weighted by Gasteiger charge is -2.34. The first-order chi connectivity index (χ1) is 9.99. The van der Waals surface area contributed by atoms with Gasteiger partial charge < -0.3 is 10.2 Å². The molecule has 1 fully saturated rings. The van der Waals surface area contributed by atoms with E-state index in [0.29, 0.717) is 18.1 Å². The minimum absolute atomic E-state index is 0.0337. The molecule has 8 heteroatoms. The first-order valence-corrected chi connectivity index (χ1v) is 9.61. The molecule has 1 aromatic heterocycles. The van der Waals surface area contributed by atoms with Crippen molar-refractivity contribution in [2.24, 2.45) is 0 Å². The Hall–Kier alpha value is -1.28. The smallest absolute Gasteiger partial charge is 0.273 e. The Morgan fingerprint density at radius 1 is 1.52 bits per heavy atom. The van der Waals surface area contributed by atoms with E-state index in [1.807, 2.05) is 0 Å². The summed E-state index contributed by atoms with van der Waals surface area (Å²) >= 11 is 1.56. The van der Waals surface area contributed by atoms with E-state index in [9.17, 15) is 13.2 Å². The summed E-state index contributed by atoms with van der Waals surface area (Å²) < 4.78 is 24.4. The van der Waals surface area contributed by atoms with Gasteiger partial charge in [0.15, 0.2) is 9.84 Å². The minimum Gasteiger partial charge on any atom is -0.373 e. The van der Waals surface area contributed by atoms with Crippen LogP contribution in [0.4, 0.5) is 5.82 Å². The fourth-order valence-corrected chi connectivity index (χ4v) is 5.11. The van der Waals surface area contributed by atoms with Crippen LogP contribution in [0, 0.1) is 0 Å². The monoisotopic (exact) mass is 329 g/mol. The quantitative estimate of drug-likeness (QED) is 0.890. The molecule has 1 aromatic rings. The number of hydrogen-bond donors (Lipinski definition) is 1.